The van der Waals surface area contributed by atoms with Crippen molar-refractivity contribution in [2.45, 2.75) is 19.4 Å². The predicted molar refractivity (Wildman–Crippen MR) is 100.0 cm³/mol. The highest BCUT2D eigenvalue weighted by molar-refractivity contribution is 7.16. The summed E-state index contributed by atoms with van der Waals surface area (Å²) < 4.78 is 0.689. The number of Topliss-reactive ketones (excluding diaryl/α,β-unsaturated/α-hetero) is 1. The Morgan fingerprint density at radius 3 is 2.38 bits per heavy atom. The lowest BCUT2D eigenvalue weighted by atomic mass is 10.1. The van der Waals surface area contributed by atoms with E-state index < -0.39 is 0 Å². The molecule has 6 heteroatoms. The lowest BCUT2D eigenvalue weighted by molar-refractivity contribution is -0.131. The average molecular weight is 382 g/mol. The molecule has 2 rings (SSSR count). The van der Waals surface area contributed by atoms with Gasteiger partial charge in [0.15, 0.2) is 5.78 Å². The predicted octanol–water partition coefficient (Wildman–Crippen LogP) is 5.23. The first-order chi connectivity index (χ1) is 11.5. The van der Waals surface area contributed by atoms with E-state index in [1.54, 1.807) is 35.2 Å². The molecule has 3 nitrogen and oxygen atoms in total. The standard InChI is InChI=1S/C18H17Cl2NO2S/c1-2-11-21(12-15-7-9-17(20)24-15)18(23)10-8-16(22)13-3-5-14(19)6-4-13/h2-7,9H,1,8,10-12H2. The van der Waals surface area contributed by atoms with Crippen molar-refractivity contribution in [3.63, 3.8) is 0 Å². The molecule has 0 aliphatic carbocycles. The number of carbonyl (C=O) groups excluding carboxylic acids is 2. The summed E-state index contributed by atoms with van der Waals surface area (Å²) in [6.07, 6.45) is 2.00. The van der Waals surface area contributed by atoms with Gasteiger partial charge in [0.25, 0.3) is 0 Å². The quantitative estimate of drug-likeness (QED) is 0.463. The van der Waals surface area contributed by atoms with E-state index in [4.69, 9.17) is 23.2 Å². The van der Waals surface area contributed by atoms with E-state index in [0.29, 0.717) is 28.0 Å². The number of halogens is 2. The number of amides is 1. The van der Waals surface area contributed by atoms with Crippen molar-refractivity contribution in [1.29, 1.82) is 0 Å². The fourth-order valence-electron chi connectivity index (χ4n) is 2.19. The van der Waals surface area contributed by atoms with E-state index in [0.717, 1.165) is 4.88 Å². The Hall–Kier alpha value is -1.62. The SMILES string of the molecule is C=CCN(Cc1ccc(Cl)s1)C(=O)CCC(=O)c1ccc(Cl)cc1. The highest BCUT2D eigenvalue weighted by Crippen LogP contribution is 2.23. The van der Waals surface area contributed by atoms with Gasteiger partial charge in [0.05, 0.1) is 10.9 Å². The Kier molecular flexibility index (Phi) is 7.03. The normalized spacial score (nSPS) is 10.4. The number of thiophene rings is 1. The zero-order valence-electron chi connectivity index (χ0n) is 13.0. The highest BCUT2D eigenvalue weighted by atomic mass is 35.5. The van der Waals surface area contributed by atoms with Crippen molar-refractivity contribution in [2.24, 2.45) is 0 Å². The number of hydrogen-bond acceptors (Lipinski definition) is 3. The molecule has 2 aromatic rings. The van der Waals surface area contributed by atoms with Crippen molar-refractivity contribution in [3.05, 3.63) is 68.9 Å². The molecule has 0 aliphatic heterocycles. The molecule has 1 aromatic heterocycles. The molecule has 0 N–H and O–H groups in total. The van der Waals surface area contributed by atoms with E-state index >= 15 is 0 Å². The van der Waals surface area contributed by atoms with Crippen LogP contribution in [0, 0.1) is 0 Å². The molecular weight excluding hydrogens is 365 g/mol. The Morgan fingerprint density at radius 2 is 1.79 bits per heavy atom. The molecule has 1 aromatic carbocycles. The van der Waals surface area contributed by atoms with Crippen LogP contribution in [0.1, 0.15) is 28.1 Å². The van der Waals surface area contributed by atoms with Crippen LogP contribution < -0.4 is 0 Å². The zero-order chi connectivity index (χ0) is 17.5. The maximum Gasteiger partial charge on any atom is 0.223 e. The molecular formula is C18H17Cl2NO2S. The maximum atomic E-state index is 12.4. The molecule has 0 saturated heterocycles. The topological polar surface area (TPSA) is 37.4 Å². The molecule has 0 unspecified atom stereocenters. The number of nitrogens with zero attached hydrogens (tertiary/aromatic N) is 1. The molecule has 0 saturated carbocycles. The molecule has 0 spiro atoms. The number of carbonyl (C=O) groups is 2. The van der Waals surface area contributed by atoms with Crippen LogP contribution in [0.5, 0.6) is 0 Å². The third-order valence-corrected chi connectivity index (χ3v) is 4.88. The van der Waals surface area contributed by atoms with Gasteiger partial charge in [0.2, 0.25) is 5.91 Å². The molecule has 1 amide bonds. The van der Waals surface area contributed by atoms with E-state index in [9.17, 15) is 9.59 Å². The monoisotopic (exact) mass is 381 g/mol. The van der Waals surface area contributed by atoms with Crippen LogP contribution in [-0.2, 0) is 11.3 Å². The van der Waals surface area contributed by atoms with Gasteiger partial charge < -0.3 is 4.90 Å². The Balaban J connectivity index is 1.93. The number of ketones is 1. The van der Waals surface area contributed by atoms with Crippen molar-refractivity contribution >= 4 is 46.2 Å². The van der Waals surface area contributed by atoms with Crippen LogP contribution in [0.3, 0.4) is 0 Å². The van der Waals surface area contributed by atoms with Gasteiger partial charge in [-0.05, 0) is 36.4 Å². The lowest BCUT2D eigenvalue weighted by Crippen LogP contribution is -2.30. The molecule has 0 aliphatic rings. The fourth-order valence-corrected chi connectivity index (χ4v) is 3.42. The largest absolute Gasteiger partial charge is 0.334 e. The molecule has 0 bridgehead atoms. The first-order valence-corrected chi connectivity index (χ1v) is 8.98. The van der Waals surface area contributed by atoms with E-state index in [2.05, 4.69) is 6.58 Å². The van der Waals surface area contributed by atoms with Crippen LogP contribution in [-0.4, -0.2) is 23.1 Å². The van der Waals surface area contributed by atoms with Gasteiger partial charge in [-0.25, -0.2) is 0 Å². The summed E-state index contributed by atoms with van der Waals surface area (Å²) in [5, 5.41) is 0.578. The minimum Gasteiger partial charge on any atom is -0.334 e. The molecule has 0 radical (unpaired) electrons. The van der Waals surface area contributed by atoms with Gasteiger partial charge in [0, 0.05) is 34.8 Å². The third-order valence-electron chi connectivity index (χ3n) is 3.41. The van der Waals surface area contributed by atoms with Crippen molar-refractivity contribution in [2.75, 3.05) is 6.54 Å². The van der Waals surface area contributed by atoms with Gasteiger partial charge in [-0.15, -0.1) is 17.9 Å². The molecule has 24 heavy (non-hydrogen) atoms. The number of benzene rings is 1. The Labute approximate surface area is 155 Å². The summed E-state index contributed by atoms with van der Waals surface area (Å²) in [6, 6.07) is 10.4. The Bertz CT molecular complexity index is 725. The molecule has 1 heterocycles. The first kappa shape index (κ1) is 18.7. The highest BCUT2D eigenvalue weighted by Gasteiger charge is 2.16. The van der Waals surface area contributed by atoms with Crippen LogP contribution in [0.15, 0.2) is 49.1 Å². The van der Waals surface area contributed by atoms with Crippen molar-refractivity contribution < 1.29 is 9.59 Å². The summed E-state index contributed by atoms with van der Waals surface area (Å²) in [5.74, 6) is -0.153. The van der Waals surface area contributed by atoms with Gasteiger partial charge in [-0.2, -0.15) is 0 Å². The first-order valence-electron chi connectivity index (χ1n) is 7.41. The summed E-state index contributed by atoms with van der Waals surface area (Å²) in [6.45, 7) is 4.59. The van der Waals surface area contributed by atoms with Gasteiger partial charge >= 0.3 is 0 Å². The summed E-state index contributed by atoms with van der Waals surface area (Å²) in [7, 11) is 0. The van der Waals surface area contributed by atoms with Crippen LogP contribution in [0.4, 0.5) is 0 Å². The lowest BCUT2D eigenvalue weighted by Gasteiger charge is -2.20. The van der Waals surface area contributed by atoms with Gasteiger partial charge in [-0.3, -0.25) is 9.59 Å². The number of hydrogen-bond donors (Lipinski definition) is 0. The van der Waals surface area contributed by atoms with Crippen molar-refractivity contribution in [3.8, 4) is 0 Å². The number of rotatable bonds is 8. The van der Waals surface area contributed by atoms with E-state index in [1.807, 2.05) is 12.1 Å². The zero-order valence-corrected chi connectivity index (χ0v) is 15.3. The summed E-state index contributed by atoms with van der Waals surface area (Å²) >= 11 is 13.2. The van der Waals surface area contributed by atoms with Gasteiger partial charge in [-0.1, -0.05) is 29.3 Å². The Morgan fingerprint density at radius 1 is 1.08 bits per heavy atom. The van der Waals surface area contributed by atoms with Crippen molar-refractivity contribution in [1.82, 2.24) is 4.90 Å². The van der Waals surface area contributed by atoms with Gasteiger partial charge in [0.1, 0.15) is 0 Å². The molecule has 0 atom stereocenters. The minimum atomic E-state index is -0.0817. The average Bonchev–Trinajstić information content (AvgIpc) is 2.97. The second-order valence-electron chi connectivity index (χ2n) is 5.20. The summed E-state index contributed by atoms with van der Waals surface area (Å²) in [5.41, 5.74) is 0.563. The third kappa shape index (κ3) is 5.48. The fraction of sp³-hybridized carbons (Fsp3) is 0.222. The minimum absolute atomic E-state index is 0.0715. The molecule has 126 valence electrons. The van der Waals surface area contributed by atoms with Crippen LogP contribution in [0.25, 0.3) is 0 Å². The van der Waals surface area contributed by atoms with Crippen LogP contribution in [0.2, 0.25) is 9.36 Å². The molecule has 0 fully saturated rings. The van der Waals surface area contributed by atoms with E-state index in [1.165, 1.54) is 11.3 Å². The van der Waals surface area contributed by atoms with E-state index in [-0.39, 0.29) is 24.5 Å². The smallest absolute Gasteiger partial charge is 0.223 e. The second kappa shape index (κ2) is 9.02. The second-order valence-corrected chi connectivity index (χ2v) is 7.43. The van der Waals surface area contributed by atoms with Crippen LogP contribution >= 0.6 is 34.5 Å². The maximum absolute atomic E-state index is 12.4. The summed E-state index contributed by atoms with van der Waals surface area (Å²) in [4.78, 5) is 27.2.